The van der Waals surface area contributed by atoms with Gasteiger partial charge in [-0.2, -0.15) is 0 Å². The highest BCUT2D eigenvalue weighted by atomic mass is 16.5. The average Bonchev–Trinajstić information content (AvgIpc) is 3.41. The number of nitrogens with zero attached hydrogens (tertiary/aromatic N) is 4. The van der Waals surface area contributed by atoms with Crippen LogP contribution in [-0.4, -0.2) is 64.6 Å². The van der Waals surface area contributed by atoms with Crippen molar-refractivity contribution in [2.24, 2.45) is 0 Å². The number of rotatable bonds is 14. The van der Waals surface area contributed by atoms with Crippen LogP contribution in [0.5, 0.6) is 17.2 Å². The fourth-order valence-corrected chi connectivity index (χ4v) is 4.87. The third kappa shape index (κ3) is 7.43. The second-order valence-corrected chi connectivity index (χ2v) is 10.9. The minimum atomic E-state index is -0.962. The summed E-state index contributed by atoms with van der Waals surface area (Å²) in [6.07, 6.45) is 1.17. The number of para-hydroxylation sites is 2. The maximum atomic E-state index is 14.3. The second-order valence-electron chi connectivity index (χ2n) is 10.9. The molecule has 228 valence electrons. The standard InChI is InChI=1S/C33H41N5O5/c1-7-33(3,4)34-32(40)31(24-13-9-12-16-27(24)43-8-2)37(20-19-23-17-18-28(41-5)29(21-23)42-6)30(39)22-38-26-15-11-10-14-25(26)35-36-38/h9-18,21,31H,7-8,19-20,22H2,1-6H3,(H,34,40)/t31-/m1/s1. The number of amides is 2. The first-order valence-electron chi connectivity index (χ1n) is 14.5. The summed E-state index contributed by atoms with van der Waals surface area (Å²) >= 11 is 0. The number of nitrogens with one attached hydrogen (secondary N) is 1. The number of aromatic nitrogens is 3. The maximum absolute atomic E-state index is 14.3. The summed E-state index contributed by atoms with van der Waals surface area (Å²) in [6.45, 7) is 8.40. The zero-order valence-corrected chi connectivity index (χ0v) is 25.8. The summed E-state index contributed by atoms with van der Waals surface area (Å²) in [4.78, 5) is 30.1. The molecule has 0 radical (unpaired) electrons. The first kappa shape index (κ1) is 31.3. The Morgan fingerprint density at radius 1 is 0.953 bits per heavy atom. The van der Waals surface area contributed by atoms with E-state index in [-0.39, 0.29) is 24.9 Å². The van der Waals surface area contributed by atoms with Gasteiger partial charge in [-0.1, -0.05) is 48.5 Å². The summed E-state index contributed by atoms with van der Waals surface area (Å²) in [7, 11) is 3.17. The van der Waals surface area contributed by atoms with E-state index < -0.39 is 11.6 Å². The minimum absolute atomic E-state index is 0.0931. The summed E-state index contributed by atoms with van der Waals surface area (Å²) < 4.78 is 18.4. The molecule has 1 atom stereocenters. The van der Waals surface area contributed by atoms with Gasteiger partial charge in [0.1, 0.15) is 23.9 Å². The number of carbonyl (C=O) groups excluding carboxylic acids is 2. The molecule has 1 N–H and O–H groups in total. The Balaban J connectivity index is 1.78. The molecule has 0 saturated heterocycles. The highest BCUT2D eigenvalue weighted by Crippen LogP contribution is 2.33. The van der Waals surface area contributed by atoms with Crippen molar-refractivity contribution in [2.75, 3.05) is 27.4 Å². The first-order valence-corrected chi connectivity index (χ1v) is 14.5. The van der Waals surface area contributed by atoms with Crippen molar-refractivity contribution in [1.82, 2.24) is 25.2 Å². The lowest BCUT2D eigenvalue weighted by atomic mass is 9.97. The van der Waals surface area contributed by atoms with E-state index in [2.05, 4.69) is 15.6 Å². The van der Waals surface area contributed by atoms with Crippen molar-refractivity contribution < 1.29 is 23.8 Å². The predicted molar refractivity (Wildman–Crippen MR) is 165 cm³/mol. The van der Waals surface area contributed by atoms with E-state index in [1.165, 1.54) is 0 Å². The SMILES string of the molecule is CCOc1ccccc1[C@H](C(=O)NC(C)(C)CC)N(CCc1ccc(OC)c(OC)c1)C(=O)Cn1nnc2ccccc21. The molecule has 1 heterocycles. The van der Waals surface area contributed by atoms with Crippen molar-refractivity contribution in [3.05, 3.63) is 77.9 Å². The molecule has 3 aromatic carbocycles. The summed E-state index contributed by atoms with van der Waals surface area (Å²) in [6, 6.07) is 19.5. The van der Waals surface area contributed by atoms with Crippen LogP contribution in [0.2, 0.25) is 0 Å². The van der Waals surface area contributed by atoms with Gasteiger partial charge in [-0.3, -0.25) is 9.59 Å². The lowest BCUT2D eigenvalue weighted by Crippen LogP contribution is -2.51. The van der Waals surface area contributed by atoms with E-state index in [1.807, 2.05) is 94.4 Å². The van der Waals surface area contributed by atoms with Crippen molar-refractivity contribution in [2.45, 2.75) is 58.7 Å². The number of benzene rings is 3. The molecule has 0 unspecified atom stereocenters. The molecule has 0 fully saturated rings. The molecule has 0 aliphatic rings. The third-order valence-electron chi connectivity index (χ3n) is 7.53. The Morgan fingerprint density at radius 2 is 1.67 bits per heavy atom. The molecule has 0 bridgehead atoms. The molecule has 0 spiro atoms. The van der Waals surface area contributed by atoms with Gasteiger partial charge >= 0.3 is 0 Å². The third-order valence-corrected chi connectivity index (χ3v) is 7.53. The monoisotopic (exact) mass is 587 g/mol. The molecular weight excluding hydrogens is 546 g/mol. The van der Waals surface area contributed by atoms with Gasteiger partial charge in [-0.15, -0.1) is 5.10 Å². The zero-order chi connectivity index (χ0) is 31.0. The highest BCUT2D eigenvalue weighted by molar-refractivity contribution is 5.90. The minimum Gasteiger partial charge on any atom is -0.494 e. The van der Waals surface area contributed by atoms with Gasteiger partial charge < -0.3 is 24.4 Å². The van der Waals surface area contributed by atoms with E-state index in [1.54, 1.807) is 23.8 Å². The normalized spacial score (nSPS) is 12.0. The van der Waals surface area contributed by atoms with Gasteiger partial charge in [0.15, 0.2) is 11.5 Å². The topological polar surface area (TPSA) is 108 Å². The summed E-state index contributed by atoms with van der Waals surface area (Å²) in [5, 5.41) is 11.6. The van der Waals surface area contributed by atoms with Crippen LogP contribution in [0.1, 0.15) is 51.3 Å². The van der Waals surface area contributed by atoms with Crippen LogP contribution < -0.4 is 19.5 Å². The Bertz CT molecular complexity index is 1550. The van der Waals surface area contributed by atoms with E-state index >= 15 is 0 Å². The molecule has 1 aromatic heterocycles. The summed E-state index contributed by atoms with van der Waals surface area (Å²) in [5.74, 6) is 1.18. The maximum Gasteiger partial charge on any atom is 0.248 e. The fourth-order valence-electron chi connectivity index (χ4n) is 4.87. The van der Waals surface area contributed by atoms with Crippen LogP contribution in [0.4, 0.5) is 0 Å². The van der Waals surface area contributed by atoms with Crippen LogP contribution in [0, 0.1) is 0 Å². The largest absolute Gasteiger partial charge is 0.494 e. The quantitative estimate of drug-likeness (QED) is 0.222. The van der Waals surface area contributed by atoms with Crippen LogP contribution in [0.15, 0.2) is 66.7 Å². The van der Waals surface area contributed by atoms with Gasteiger partial charge in [-0.05, 0) is 69.5 Å². The second kappa shape index (κ2) is 14.0. The highest BCUT2D eigenvalue weighted by Gasteiger charge is 2.36. The molecule has 2 amide bonds. The Labute approximate surface area is 252 Å². The number of fused-ring (bicyclic) bond motifs is 1. The number of methoxy groups -OCH3 is 2. The van der Waals surface area contributed by atoms with Crippen LogP contribution in [0.25, 0.3) is 11.0 Å². The van der Waals surface area contributed by atoms with Crippen molar-refractivity contribution in [3.8, 4) is 17.2 Å². The van der Waals surface area contributed by atoms with Crippen molar-refractivity contribution in [1.29, 1.82) is 0 Å². The smallest absolute Gasteiger partial charge is 0.248 e. The van der Waals surface area contributed by atoms with Gasteiger partial charge in [0.05, 0.1) is 26.3 Å². The molecule has 0 aliphatic heterocycles. The van der Waals surface area contributed by atoms with Gasteiger partial charge in [0.2, 0.25) is 11.8 Å². The summed E-state index contributed by atoms with van der Waals surface area (Å²) in [5.41, 5.74) is 2.47. The Morgan fingerprint density at radius 3 is 2.40 bits per heavy atom. The van der Waals surface area contributed by atoms with E-state index in [0.717, 1.165) is 11.1 Å². The number of hydrogen-bond donors (Lipinski definition) is 1. The van der Waals surface area contributed by atoms with E-state index in [0.29, 0.717) is 47.8 Å². The van der Waals surface area contributed by atoms with Gasteiger partial charge in [0, 0.05) is 17.6 Å². The zero-order valence-electron chi connectivity index (χ0n) is 25.8. The number of hydrogen-bond acceptors (Lipinski definition) is 7. The van der Waals surface area contributed by atoms with E-state index in [9.17, 15) is 9.59 Å². The fraction of sp³-hybridized carbons (Fsp3) is 0.394. The molecule has 10 heteroatoms. The molecule has 4 rings (SSSR count). The van der Waals surface area contributed by atoms with E-state index in [4.69, 9.17) is 14.2 Å². The first-order chi connectivity index (χ1) is 20.7. The molecular formula is C33H41N5O5. The van der Waals surface area contributed by atoms with Crippen molar-refractivity contribution >= 4 is 22.8 Å². The predicted octanol–water partition coefficient (Wildman–Crippen LogP) is 4.96. The molecule has 0 saturated carbocycles. The lowest BCUT2D eigenvalue weighted by Gasteiger charge is -2.35. The molecule has 0 aliphatic carbocycles. The number of carbonyl (C=O) groups is 2. The van der Waals surface area contributed by atoms with Crippen LogP contribution in [0.3, 0.4) is 0 Å². The van der Waals surface area contributed by atoms with Gasteiger partial charge in [0.25, 0.3) is 0 Å². The Kier molecular flexibility index (Phi) is 10.2. The van der Waals surface area contributed by atoms with Crippen LogP contribution in [-0.2, 0) is 22.6 Å². The molecule has 43 heavy (non-hydrogen) atoms. The molecule has 10 nitrogen and oxygen atoms in total. The van der Waals surface area contributed by atoms with Crippen LogP contribution >= 0.6 is 0 Å². The average molecular weight is 588 g/mol. The number of ether oxygens (including phenoxy) is 3. The van der Waals surface area contributed by atoms with Gasteiger partial charge in [-0.25, -0.2) is 4.68 Å². The van der Waals surface area contributed by atoms with Crippen molar-refractivity contribution in [3.63, 3.8) is 0 Å². The lowest BCUT2D eigenvalue weighted by molar-refractivity contribution is -0.142. The Hall–Kier alpha value is -4.60. The molecule has 4 aromatic rings.